The molecule has 20 heavy (non-hydrogen) atoms. The van der Waals surface area contributed by atoms with Crippen LogP contribution < -0.4 is 4.74 Å². The lowest BCUT2D eigenvalue weighted by Crippen LogP contribution is -2.06. The van der Waals surface area contributed by atoms with Crippen LogP contribution in [0.1, 0.15) is 28.4 Å². The number of methoxy groups -OCH3 is 1. The van der Waals surface area contributed by atoms with Gasteiger partial charge in [-0.15, -0.1) is 0 Å². The van der Waals surface area contributed by atoms with E-state index in [1.807, 2.05) is 32.0 Å². The van der Waals surface area contributed by atoms with Gasteiger partial charge in [-0.3, -0.25) is 0 Å². The van der Waals surface area contributed by atoms with Gasteiger partial charge in [0.15, 0.2) is 0 Å². The third kappa shape index (κ3) is 3.17. The highest BCUT2D eigenvalue weighted by molar-refractivity contribution is 5.34. The van der Waals surface area contributed by atoms with Gasteiger partial charge in [0, 0.05) is 18.1 Å². The monoisotopic (exact) mass is 274 g/mol. The van der Waals surface area contributed by atoms with Crippen molar-refractivity contribution >= 4 is 0 Å². The summed E-state index contributed by atoms with van der Waals surface area (Å²) in [6, 6.07) is 10.6. The van der Waals surface area contributed by atoms with Gasteiger partial charge in [-0.25, -0.2) is 4.39 Å². The molecular weight excluding hydrogens is 255 g/mol. The molecule has 0 spiro atoms. The average molecular weight is 274 g/mol. The summed E-state index contributed by atoms with van der Waals surface area (Å²) in [6.07, 6.45) is -0.460. The number of aliphatic hydroxyl groups excluding tert-OH is 1. The topological polar surface area (TPSA) is 29.5 Å². The Hall–Kier alpha value is -1.87. The Morgan fingerprint density at radius 2 is 1.90 bits per heavy atom. The Morgan fingerprint density at radius 3 is 2.55 bits per heavy atom. The molecule has 2 aromatic rings. The molecule has 0 aromatic heterocycles. The molecule has 106 valence electrons. The molecule has 0 saturated carbocycles. The van der Waals surface area contributed by atoms with Gasteiger partial charge in [0.05, 0.1) is 13.2 Å². The van der Waals surface area contributed by atoms with E-state index in [1.165, 1.54) is 13.2 Å². The predicted molar refractivity (Wildman–Crippen MR) is 77.5 cm³/mol. The SMILES string of the molecule is COc1ccc(C(O)Cc2cc(C)ccc2C)c(F)c1. The molecule has 1 atom stereocenters. The van der Waals surface area contributed by atoms with Crippen molar-refractivity contribution in [2.24, 2.45) is 0 Å². The van der Waals surface area contributed by atoms with Crippen LogP contribution in [0.2, 0.25) is 0 Å². The van der Waals surface area contributed by atoms with E-state index in [1.54, 1.807) is 12.1 Å². The van der Waals surface area contributed by atoms with Gasteiger partial charge in [0.1, 0.15) is 11.6 Å². The Kier molecular flexibility index (Phi) is 4.40. The van der Waals surface area contributed by atoms with Crippen LogP contribution in [-0.4, -0.2) is 12.2 Å². The Bertz CT molecular complexity index is 608. The average Bonchev–Trinajstić information content (AvgIpc) is 2.42. The van der Waals surface area contributed by atoms with E-state index in [2.05, 4.69) is 0 Å². The zero-order valence-corrected chi connectivity index (χ0v) is 12.0. The van der Waals surface area contributed by atoms with E-state index in [4.69, 9.17) is 4.74 Å². The highest BCUT2D eigenvalue weighted by Gasteiger charge is 2.15. The number of rotatable bonds is 4. The molecule has 1 unspecified atom stereocenters. The summed E-state index contributed by atoms with van der Waals surface area (Å²) in [7, 11) is 1.49. The molecule has 0 saturated heterocycles. The number of hydrogen-bond donors (Lipinski definition) is 1. The summed E-state index contributed by atoms with van der Waals surface area (Å²) in [5, 5.41) is 10.3. The molecule has 2 rings (SSSR count). The minimum absolute atomic E-state index is 0.298. The highest BCUT2D eigenvalue weighted by Crippen LogP contribution is 2.25. The van der Waals surface area contributed by atoms with Crippen LogP contribution in [0, 0.1) is 19.7 Å². The maximum atomic E-state index is 13.9. The van der Waals surface area contributed by atoms with Crippen LogP contribution in [0.4, 0.5) is 4.39 Å². The lowest BCUT2D eigenvalue weighted by Gasteiger charge is -2.15. The molecule has 1 N–H and O–H groups in total. The van der Waals surface area contributed by atoms with Gasteiger partial charge in [-0.2, -0.15) is 0 Å². The van der Waals surface area contributed by atoms with Crippen molar-refractivity contribution in [1.29, 1.82) is 0 Å². The molecule has 0 radical (unpaired) electrons. The molecule has 2 aromatic carbocycles. The van der Waals surface area contributed by atoms with Gasteiger partial charge < -0.3 is 9.84 Å². The number of benzene rings is 2. The third-order valence-electron chi connectivity index (χ3n) is 3.48. The molecule has 0 aliphatic carbocycles. The van der Waals surface area contributed by atoms with Gasteiger partial charge >= 0.3 is 0 Å². The Labute approximate surface area is 118 Å². The second kappa shape index (κ2) is 6.06. The van der Waals surface area contributed by atoms with Crippen molar-refractivity contribution in [3.8, 4) is 5.75 Å². The summed E-state index contributed by atoms with van der Waals surface area (Å²) < 4.78 is 18.9. The van der Waals surface area contributed by atoms with E-state index >= 15 is 0 Å². The van der Waals surface area contributed by atoms with E-state index < -0.39 is 11.9 Å². The van der Waals surface area contributed by atoms with E-state index in [0.717, 1.165) is 16.7 Å². The van der Waals surface area contributed by atoms with Crippen molar-refractivity contribution in [3.63, 3.8) is 0 Å². The van der Waals surface area contributed by atoms with Crippen LogP contribution in [0.15, 0.2) is 36.4 Å². The molecule has 0 bridgehead atoms. The maximum Gasteiger partial charge on any atom is 0.132 e. The molecule has 3 heteroatoms. The third-order valence-corrected chi connectivity index (χ3v) is 3.48. The van der Waals surface area contributed by atoms with Crippen molar-refractivity contribution < 1.29 is 14.2 Å². The van der Waals surface area contributed by atoms with Crippen LogP contribution >= 0.6 is 0 Å². The summed E-state index contributed by atoms with van der Waals surface area (Å²) in [4.78, 5) is 0. The summed E-state index contributed by atoms with van der Waals surface area (Å²) >= 11 is 0. The summed E-state index contributed by atoms with van der Waals surface area (Å²) in [5.41, 5.74) is 3.57. The number of ether oxygens (including phenoxy) is 1. The van der Waals surface area contributed by atoms with Crippen molar-refractivity contribution in [3.05, 3.63) is 64.5 Å². The minimum Gasteiger partial charge on any atom is -0.497 e. The fourth-order valence-corrected chi connectivity index (χ4v) is 2.24. The lowest BCUT2D eigenvalue weighted by molar-refractivity contribution is 0.173. The first-order valence-corrected chi connectivity index (χ1v) is 6.59. The molecule has 0 heterocycles. The number of hydrogen-bond acceptors (Lipinski definition) is 2. The number of aliphatic hydroxyl groups is 1. The largest absolute Gasteiger partial charge is 0.497 e. The molecule has 2 nitrogen and oxygen atoms in total. The number of aryl methyl sites for hydroxylation is 2. The quantitative estimate of drug-likeness (QED) is 0.920. The first kappa shape index (κ1) is 14.5. The van der Waals surface area contributed by atoms with Gasteiger partial charge in [0.2, 0.25) is 0 Å². The fraction of sp³-hybridized carbons (Fsp3) is 0.294. The van der Waals surface area contributed by atoms with Gasteiger partial charge in [0.25, 0.3) is 0 Å². The van der Waals surface area contributed by atoms with Crippen molar-refractivity contribution in [2.45, 2.75) is 26.4 Å². The molecule has 0 fully saturated rings. The minimum atomic E-state index is -0.860. The van der Waals surface area contributed by atoms with Crippen LogP contribution in [0.3, 0.4) is 0 Å². The van der Waals surface area contributed by atoms with Crippen LogP contribution in [-0.2, 0) is 6.42 Å². The Morgan fingerprint density at radius 1 is 1.15 bits per heavy atom. The maximum absolute atomic E-state index is 13.9. The van der Waals surface area contributed by atoms with Crippen LogP contribution in [0.25, 0.3) is 0 Å². The van der Waals surface area contributed by atoms with Crippen molar-refractivity contribution in [1.82, 2.24) is 0 Å². The Balaban J connectivity index is 2.23. The molecule has 0 amide bonds. The number of halogens is 1. The zero-order chi connectivity index (χ0) is 14.7. The fourth-order valence-electron chi connectivity index (χ4n) is 2.24. The second-order valence-corrected chi connectivity index (χ2v) is 5.04. The van der Waals surface area contributed by atoms with E-state index in [9.17, 15) is 9.50 Å². The second-order valence-electron chi connectivity index (χ2n) is 5.04. The highest BCUT2D eigenvalue weighted by atomic mass is 19.1. The zero-order valence-electron chi connectivity index (χ0n) is 12.0. The summed E-state index contributed by atoms with van der Waals surface area (Å²) in [5.74, 6) is 0.00680. The van der Waals surface area contributed by atoms with Crippen LogP contribution in [0.5, 0.6) is 5.75 Å². The molecule has 0 aliphatic heterocycles. The predicted octanol–water partition coefficient (Wildman–Crippen LogP) is 3.73. The summed E-state index contributed by atoms with van der Waals surface area (Å²) in [6.45, 7) is 4.00. The molecule has 0 aliphatic rings. The first-order chi connectivity index (χ1) is 9.51. The molecular formula is C17H19FO2. The van der Waals surface area contributed by atoms with E-state index in [-0.39, 0.29) is 0 Å². The normalized spacial score (nSPS) is 12.2. The smallest absolute Gasteiger partial charge is 0.132 e. The first-order valence-electron chi connectivity index (χ1n) is 6.59. The van der Waals surface area contributed by atoms with Gasteiger partial charge in [-0.05, 0) is 37.1 Å². The van der Waals surface area contributed by atoms with Crippen molar-refractivity contribution in [2.75, 3.05) is 7.11 Å². The standard InChI is InChI=1S/C17H19FO2/c1-11-4-5-12(2)13(8-11)9-17(19)15-7-6-14(20-3)10-16(15)18/h4-8,10,17,19H,9H2,1-3H3. The van der Waals surface area contributed by atoms with E-state index in [0.29, 0.717) is 17.7 Å². The lowest BCUT2D eigenvalue weighted by atomic mass is 9.96. The van der Waals surface area contributed by atoms with Gasteiger partial charge in [-0.1, -0.05) is 23.8 Å².